The molecule has 0 bridgehead atoms. The highest BCUT2D eigenvalue weighted by molar-refractivity contribution is 7.80. The predicted octanol–water partition coefficient (Wildman–Crippen LogP) is 3.79. The Balaban J connectivity index is 2.13. The molecule has 1 aliphatic heterocycles. The van der Waals surface area contributed by atoms with Crippen LogP contribution < -0.4 is 0 Å². The standard InChI is InChI=1S/C16H21NOS/c1-16(2,3)12-8-10-17(11-9-12)15(18)13-6-4-5-7-14(13)19/h4-8,19H,9-11H2,1-3H3. The number of rotatable bonds is 1. The number of hydrogen-bond donors (Lipinski definition) is 1. The Morgan fingerprint density at radius 2 is 1.95 bits per heavy atom. The van der Waals surface area contributed by atoms with Crippen LogP contribution in [-0.4, -0.2) is 23.9 Å². The van der Waals surface area contributed by atoms with Crippen molar-refractivity contribution in [2.24, 2.45) is 5.41 Å². The number of thiol groups is 1. The summed E-state index contributed by atoms with van der Waals surface area (Å²) in [6.45, 7) is 8.16. The first-order chi connectivity index (χ1) is 8.89. The van der Waals surface area contributed by atoms with Crippen LogP contribution >= 0.6 is 12.6 Å². The zero-order chi connectivity index (χ0) is 14.0. The van der Waals surface area contributed by atoms with Crippen LogP contribution in [0.4, 0.5) is 0 Å². The normalized spacial score (nSPS) is 16.2. The van der Waals surface area contributed by atoms with Crippen molar-refractivity contribution in [1.29, 1.82) is 0 Å². The lowest BCUT2D eigenvalue weighted by atomic mass is 9.83. The van der Waals surface area contributed by atoms with Gasteiger partial charge in [0.1, 0.15) is 0 Å². The summed E-state index contributed by atoms with van der Waals surface area (Å²) >= 11 is 4.36. The molecule has 1 heterocycles. The van der Waals surface area contributed by atoms with Gasteiger partial charge in [-0.2, -0.15) is 0 Å². The molecule has 19 heavy (non-hydrogen) atoms. The Kier molecular flexibility index (Phi) is 4.04. The van der Waals surface area contributed by atoms with E-state index in [9.17, 15) is 4.79 Å². The molecule has 0 radical (unpaired) electrons. The number of carbonyl (C=O) groups is 1. The Labute approximate surface area is 120 Å². The molecule has 0 atom stereocenters. The lowest BCUT2D eigenvalue weighted by Crippen LogP contribution is -2.36. The van der Waals surface area contributed by atoms with Gasteiger partial charge in [-0.3, -0.25) is 4.79 Å². The van der Waals surface area contributed by atoms with E-state index < -0.39 is 0 Å². The van der Waals surface area contributed by atoms with Gasteiger partial charge in [-0.05, 0) is 24.0 Å². The highest BCUT2D eigenvalue weighted by atomic mass is 32.1. The molecular formula is C16H21NOS. The fraction of sp³-hybridized carbons (Fsp3) is 0.438. The monoisotopic (exact) mass is 275 g/mol. The number of nitrogens with zero attached hydrogens (tertiary/aromatic N) is 1. The molecule has 2 nitrogen and oxygen atoms in total. The van der Waals surface area contributed by atoms with Crippen molar-refractivity contribution in [2.45, 2.75) is 32.1 Å². The molecule has 0 saturated heterocycles. The van der Waals surface area contributed by atoms with Gasteiger partial charge in [0.05, 0.1) is 5.56 Å². The number of amides is 1. The Morgan fingerprint density at radius 1 is 1.26 bits per heavy atom. The summed E-state index contributed by atoms with van der Waals surface area (Å²) in [6.07, 6.45) is 3.16. The van der Waals surface area contributed by atoms with Gasteiger partial charge in [0.25, 0.3) is 5.91 Å². The van der Waals surface area contributed by atoms with Crippen LogP contribution in [0.1, 0.15) is 37.6 Å². The molecule has 0 spiro atoms. The first-order valence-electron chi connectivity index (χ1n) is 6.66. The molecule has 102 valence electrons. The summed E-state index contributed by atoms with van der Waals surface area (Å²) in [7, 11) is 0. The van der Waals surface area contributed by atoms with Gasteiger partial charge in [0.2, 0.25) is 0 Å². The van der Waals surface area contributed by atoms with E-state index >= 15 is 0 Å². The van der Waals surface area contributed by atoms with E-state index in [0.29, 0.717) is 12.1 Å². The average Bonchev–Trinajstić information content (AvgIpc) is 2.38. The maximum atomic E-state index is 12.4. The van der Waals surface area contributed by atoms with E-state index in [1.54, 1.807) is 0 Å². The predicted molar refractivity (Wildman–Crippen MR) is 81.8 cm³/mol. The third-order valence-electron chi connectivity index (χ3n) is 3.59. The summed E-state index contributed by atoms with van der Waals surface area (Å²) in [5, 5.41) is 0. The Hall–Kier alpha value is -1.22. The van der Waals surface area contributed by atoms with Crippen molar-refractivity contribution in [3.63, 3.8) is 0 Å². The summed E-state index contributed by atoms with van der Waals surface area (Å²) in [5.74, 6) is 0.0785. The molecule has 0 aromatic heterocycles. The van der Waals surface area contributed by atoms with E-state index in [1.165, 1.54) is 5.57 Å². The topological polar surface area (TPSA) is 20.3 Å². The zero-order valence-electron chi connectivity index (χ0n) is 11.8. The molecule has 3 heteroatoms. The lowest BCUT2D eigenvalue weighted by Gasteiger charge is -2.32. The molecule has 0 unspecified atom stereocenters. The maximum absolute atomic E-state index is 12.4. The van der Waals surface area contributed by atoms with Crippen LogP contribution in [0.2, 0.25) is 0 Å². The van der Waals surface area contributed by atoms with E-state index in [0.717, 1.165) is 17.9 Å². The SMILES string of the molecule is CC(C)(C)C1=CCN(C(=O)c2ccccc2S)CC1. The highest BCUT2D eigenvalue weighted by Crippen LogP contribution is 2.30. The summed E-state index contributed by atoms with van der Waals surface area (Å²) < 4.78 is 0. The Bertz CT molecular complexity index is 514. The van der Waals surface area contributed by atoms with Crippen LogP contribution in [0.25, 0.3) is 0 Å². The van der Waals surface area contributed by atoms with Gasteiger partial charge in [-0.15, -0.1) is 12.6 Å². The van der Waals surface area contributed by atoms with Crippen molar-refractivity contribution in [3.8, 4) is 0 Å². The van der Waals surface area contributed by atoms with Gasteiger partial charge < -0.3 is 4.90 Å². The minimum atomic E-state index is 0.0785. The van der Waals surface area contributed by atoms with Crippen molar-refractivity contribution in [2.75, 3.05) is 13.1 Å². The van der Waals surface area contributed by atoms with E-state index in [2.05, 4.69) is 39.5 Å². The van der Waals surface area contributed by atoms with Crippen LogP contribution in [0.15, 0.2) is 40.8 Å². The largest absolute Gasteiger partial charge is 0.335 e. The summed E-state index contributed by atoms with van der Waals surface area (Å²) in [4.78, 5) is 15.1. The third-order valence-corrected chi connectivity index (χ3v) is 3.98. The third kappa shape index (κ3) is 3.21. The first kappa shape index (κ1) is 14.2. The fourth-order valence-electron chi connectivity index (χ4n) is 2.36. The highest BCUT2D eigenvalue weighted by Gasteiger charge is 2.24. The first-order valence-corrected chi connectivity index (χ1v) is 7.11. The van der Waals surface area contributed by atoms with Crippen LogP contribution in [0.5, 0.6) is 0 Å². The Morgan fingerprint density at radius 3 is 2.47 bits per heavy atom. The van der Waals surface area contributed by atoms with Crippen molar-refractivity contribution in [3.05, 3.63) is 41.5 Å². The quantitative estimate of drug-likeness (QED) is 0.610. The van der Waals surface area contributed by atoms with Crippen molar-refractivity contribution in [1.82, 2.24) is 4.90 Å². The van der Waals surface area contributed by atoms with Crippen LogP contribution in [-0.2, 0) is 0 Å². The minimum Gasteiger partial charge on any atom is -0.335 e. The van der Waals surface area contributed by atoms with E-state index in [-0.39, 0.29) is 11.3 Å². The van der Waals surface area contributed by atoms with Crippen LogP contribution in [0.3, 0.4) is 0 Å². The van der Waals surface area contributed by atoms with E-state index in [4.69, 9.17) is 0 Å². The van der Waals surface area contributed by atoms with Crippen molar-refractivity contribution < 1.29 is 4.79 Å². The number of hydrogen-bond acceptors (Lipinski definition) is 2. The molecule has 1 aromatic rings. The van der Waals surface area contributed by atoms with Gasteiger partial charge in [0, 0.05) is 18.0 Å². The van der Waals surface area contributed by atoms with E-state index in [1.807, 2.05) is 29.2 Å². The number of carbonyl (C=O) groups excluding carboxylic acids is 1. The van der Waals surface area contributed by atoms with Gasteiger partial charge in [-0.25, -0.2) is 0 Å². The number of benzene rings is 1. The van der Waals surface area contributed by atoms with Crippen LogP contribution in [0, 0.1) is 5.41 Å². The van der Waals surface area contributed by atoms with Gasteiger partial charge in [-0.1, -0.05) is 44.6 Å². The molecule has 1 amide bonds. The molecule has 1 aromatic carbocycles. The average molecular weight is 275 g/mol. The molecule has 0 saturated carbocycles. The zero-order valence-corrected chi connectivity index (χ0v) is 12.7. The van der Waals surface area contributed by atoms with Gasteiger partial charge >= 0.3 is 0 Å². The molecule has 2 rings (SSSR count). The smallest absolute Gasteiger partial charge is 0.255 e. The lowest BCUT2D eigenvalue weighted by molar-refractivity contribution is 0.0761. The molecule has 0 fully saturated rings. The minimum absolute atomic E-state index is 0.0785. The molecular weight excluding hydrogens is 254 g/mol. The second kappa shape index (κ2) is 5.41. The fourth-order valence-corrected chi connectivity index (χ4v) is 2.62. The molecule has 0 aliphatic carbocycles. The second-order valence-electron chi connectivity index (χ2n) is 6.00. The second-order valence-corrected chi connectivity index (χ2v) is 6.48. The van der Waals surface area contributed by atoms with Crippen molar-refractivity contribution >= 4 is 18.5 Å². The molecule has 0 N–H and O–H groups in total. The maximum Gasteiger partial charge on any atom is 0.255 e. The molecule has 1 aliphatic rings. The van der Waals surface area contributed by atoms with Gasteiger partial charge in [0.15, 0.2) is 0 Å². The summed E-state index contributed by atoms with van der Waals surface area (Å²) in [5.41, 5.74) is 2.34. The summed E-state index contributed by atoms with van der Waals surface area (Å²) in [6, 6.07) is 7.48.